The molecule has 3 heteroatoms. The molecule has 0 aromatic carbocycles. The van der Waals surface area contributed by atoms with Crippen LogP contribution in [-0.2, 0) is 4.79 Å². The van der Waals surface area contributed by atoms with Crippen LogP contribution in [0.4, 0.5) is 0 Å². The van der Waals surface area contributed by atoms with Crippen molar-refractivity contribution in [3.05, 3.63) is 0 Å². The zero-order valence-corrected chi connectivity index (χ0v) is 13.6. The summed E-state index contributed by atoms with van der Waals surface area (Å²) in [5.74, 6) is 0.496. The number of hydrogen-bond donors (Lipinski definition) is 1. The van der Waals surface area contributed by atoms with Crippen molar-refractivity contribution >= 4 is 5.97 Å². The highest BCUT2D eigenvalue weighted by molar-refractivity contribution is 5.74. The molecule has 0 amide bonds. The molecule has 2 aliphatic rings. The van der Waals surface area contributed by atoms with Crippen LogP contribution in [0.25, 0.3) is 0 Å². The maximum absolute atomic E-state index is 11.5. The standard InChI is InChI=1S/C17H31NO2/c1-5-17(3,4)13-6-8-14(9-7-13)18-11-10-12(2)15(18)16(19)20/h12-15H,5-11H2,1-4H3,(H,19,20). The van der Waals surface area contributed by atoms with Crippen LogP contribution in [0.5, 0.6) is 0 Å². The van der Waals surface area contributed by atoms with E-state index in [4.69, 9.17) is 0 Å². The second-order valence-electron chi connectivity index (χ2n) is 7.63. The highest BCUT2D eigenvalue weighted by Crippen LogP contribution is 2.42. The van der Waals surface area contributed by atoms with E-state index in [0.717, 1.165) is 18.9 Å². The Bertz CT molecular complexity index is 345. The summed E-state index contributed by atoms with van der Waals surface area (Å²) in [4.78, 5) is 13.8. The molecule has 2 rings (SSSR count). The van der Waals surface area contributed by atoms with E-state index in [0.29, 0.717) is 17.4 Å². The van der Waals surface area contributed by atoms with Gasteiger partial charge in [0.05, 0.1) is 0 Å². The summed E-state index contributed by atoms with van der Waals surface area (Å²) in [5.41, 5.74) is 0.440. The van der Waals surface area contributed by atoms with Crippen molar-refractivity contribution in [1.29, 1.82) is 0 Å². The average molecular weight is 281 g/mol. The van der Waals surface area contributed by atoms with Crippen LogP contribution in [0.3, 0.4) is 0 Å². The van der Waals surface area contributed by atoms with Crippen LogP contribution in [0.15, 0.2) is 0 Å². The van der Waals surface area contributed by atoms with Gasteiger partial charge in [-0.2, -0.15) is 0 Å². The second kappa shape index (κ2) is 6.05. The first-order valence-corrected chi connectivity index (χ1v) is 8.35. The Morgan fingerprint density at radius 1 is 1.20 bits per heavy atom. The van der Waals surface area contributed by atoms with E-state index in [1.165, 1.54) is 32.1 Å². The van der Waals surface area contributed by atoms with Crippen LogP contribution < -0.4 is 0 Å². The molecule has 1 saturated heterocycles. The van der Waals surface area contributed by atoms with Crippen molar-refractivity contribution in [3.63, 3.8) is 0 Å². The van der Waals surface area contributed by atoms with Crippen LogP contribution in [0.2, 0.25) is 0 Å². The Balaban J connectivity index is 1.95. The molecule has 1 aliphatic heterocycles. The third kappa shape index (κ3) is 3.03. The molecule has 2 atom stereocenters. The van der Waals surface area contributed by atoms with E-state index in [9.17, 15) is 9.90 Å². The molecule has 2 unspecified atom stereocenters. The van der Waals surface area contributed by atoms with Gasteiger partial charge in [-0.25, -0.2) is 0 Å². The Kier molecular flexibility index (Phi) is 4.78. The predicted molar refractivity (Wildman–Crippen MR) is 81.7 cm³/mol. The summed E-state index contributed by atoms with van der Waals surface area (Å²) in [7, 11) is 0. The molecule has 116 valence electrons. The lowest BCUT2D eigenvalue weighted by Crippen LogP contribution is -2.47. The van der Waals surface area contributed by atoms with E-state index in [-0.39, 0.29) is 6.04 Å². The Morgan fingerprint density at radius 2 is 1.80 bits per heavy atom. The Labute approximate surface area is 123 Å². The number of aliphatic carboxylic acids is 1. The maximum atomic E-state index is 11.5. The Hall–Kier alpha value is -0.570. The van der Waals surface area contributed by atoms with Crippen molar-refractivity contribution in [2.75, 3.05) is 6.54 Å². The van der Waals surface area contributed by atoms with Gasteiger partial charge in [-0.1, -0.05) is 34.1 Å². The van der Waals surface area contributed by atoms with Gasteiger partial charge >= 0.3 is 5.97 Å². The van der Waals surface area contributed by atoms with E-state index >= 15 is 0 Å². The first kappa shape index (κ1) is 15.8. The minimum Gasteiger partial charge on any atom is -0.480 e. The number of nitrogens with zero attached hydrogens (tertiary/aromatic N) is 1. The van der Waals surface area contributed by atoms with Gasteiger partial charge < -0.3 is 5.11 Å². The van der Waals surface area contributed by atoms with E-state index in [1.54, 1.807) is 0 Å². The third-order valence-electron chi connectivity index (χ3n) is 6.17. The van der Waals surface area contributed by atoms with E-state index in [1.807, 2.05) is 0 Å². The van der Waals surface area contributed by atoms with Gasteiger partial charge in [0.1, 0.15) is 6.04 Å². The number of carboxylic acid groups (broad SMARTS) is 1. The molecule has 0 radical (unpaired) electrons. The smallest absolute Gasteiger partial charge is 0.321 e. The topological polar surface area (TPSA) is 40.5 Å². The number of carbonyl (C=O) groups is 1. The van der Waals surface area contributed by atoms with Crippen molar-refractivity contribution in [2.24, 2.45) is 17.3 Å². The summed E-state index contributed by atoms with van der Waals surface area (Å²) < 4.78 is 0. The molecule has 1 aliphatic carbocycles. The molecule has 1 heterocycles. The van der Waals surface area contributed by atoms with Crippen LogP contribution in [-0.4, -0.2) is 34.6 Å². The summed E-state index contributed by atoms with van der Waals surface area (Å²) in [6.45, 7) is 10.1. The summed E-state index contributed by atoms with van der Waals surface area (Å²) in [6.07, 6.45) is 7.18. The fourth-order valence-corrected chi connectivity index (χ4v) is 4.25. The molecule has 0 spiro atoms. The molecule has 1 N–H and O–H groups in total. The lowest BCUT2D eigenvalue weighted by molar-refractivity contribution is -0.144. The fourth-order valence-electron chi connectivity index (χ4n) is 4.25. The van der Waals surface area contributed by atoms with Gasteiger partial charge in [0.2, 0.25) is 0 Å². The van der Waals surface area contributed by atoms with E-state index < -0.39 is 5.97 Å². The van der Waals surface area contributed by atoms with Gasteiger partial charge in [-0.15, -0.1) is 0 Å². The van der Waals surface area contributed by atoms with Crippen LogP contribution in [0.1, 0.15) is 66.2 Å². The maximum Gasteiger partial charge on any atom is 0.321 e. The molecule has 0 bridgehead atoms. The van der Waals surface area contributed by atoms with Gasteiger partial charge in [0.15, 0.2) is 0 Å². The van der Waals surface area contributed by atoms with E-state index in [2.05, 4.69) is 32.6 Å². The fraction of sp³-hybridized carbons (Fsp3) is 0.941. The quantitative estimate of drug-likeness (QED) is 0.852. The zero-order chi connectivity index (χ0) is 14.9. The largest absolute Gasteiger partial charge is 0.480 e. The molecule has 0 aromatic heterocycles. The minimum atomic E-state index is -0.619. The SMILES string of the molecule is CCC(C)(C)C1CCC(N2CCC(C)C2C(=O)O)CC1. The summed E-state index contributed by atoms with van der Waals surface area (Å²) >= 11 is 0. The molecule has 3 nitrogen and oxygen atoms in total. The van der Waals surface area contributed by atoms with Gasteiger partial charge in [0.25, 0.3) is 0 Å². The highest BCUT2D eigenvalue weighted by atomic mass is 16.4. The average Bonchev–Trinajstić information content (AvgIpc) is 2.81. The van der Waals surface area contributed by atoms with Gasteiger partial charge in [-0.3, -0.25) is 9.69 Å². The van der Waals surface area contributed by atoms with Crippen molar-refractivity contribution in [3.8, 4) is 0 Å². The Morgan fingerprint density at radius 3 is 2.30 bits per heavy atom. The molecule has 2 fully saturated rings. The number of hydrogen-bond acceptors (Lipinski definition) is 2. The van der Waals surface area contributed by atoms with Crippen LogP contribution in [0, 0.1) is 17.3 Å². The number of likely N-dealkylation sites (tertiary alicyclic amines) is 1. The molecule has 20 heavy (non-hydrogen) atoms. The first-order chi connectivity index (χ1) is 9.36. The molecule has 1 saturated carbocycles. The van der Waals surface area contributed by atoms with Crippen molar-refractivity contribution in [1.82, 2.24) is 4.90 Å². The third-order valence-corrected chi connectivity index (χ3v) is 6.17. The molecular formula is C17H31NO2. The first-order valence-electron chi connectivity index (χ1n) is 8.35. The number of carboxylic acids is 1. The molecular weight excluding hydrogens is 250 g/mol. The number of rotatable bonds is 4. The monoisotopic (exact) mass is 281 g/mol. The van der Waals surface area contributed by atoms with Crippen molar-refractivity contribution in [2.45, 2.75) is 78.3 Å². The second-order valence-corrected chi connectivity index (χ2v) is 7.63. The van der Waals surface area contributed by atoms with Crippen LogP contribution >= 0.6 is 0 Å². The lowest BCUT2D eigenvalue weighted by atomic mass is 9.68. The predicted octanol–water partition coefficient (Wildman–Crippen LogP) is 3.78. The normalized spacial score (nSPS) is 36.2. The highest BCUT2D eigenvalue weighted by Gasteiger charge is 2.42. The van der Waals surface area contributed by atoms with Crippen molar-refractivity contribution < 1.29 is 9.90 Å². The summed E-state index contributed by atoms with van der Waals surface area (Å²) in [5, 5.41) is 9.46. The zero-order valence-electron chi connectivity index (χ0n) is 13.6. The van der Waals surface area contributed by atoms with Gasteiger partial charge in [0, 0.05) is 6.04 Å². The van der Waals surface area contributed by atoms with Gasteiger partial charge in [-0.05, 0) is 55.9 Å². The summed E-state index contributed by atoms with van der Waals surface area (Å²) in [6, 6.07) is 0.265. The lowest BCUT2D eigenvalue weighted by Gasteiger charge is -2.42. The molecule has 0 aromatic rings. The minimum absolute atomic E-state index is 0.240.